The smallest absolute Gasteiger partial charge is 0.256 e. The van der Waals surface area contributed by atoms with Crippen LogP contribution in [0.1, 0.15) is 18.1 Å². The molecule has 1 aliphatic rings. The molecule has 0 bridgehead atoms. The molecule has 3 N–H and O–H groups in total. The maximum absolute atomic E-state index is 12.1. The molecule has 0 radical (unpaired) electrons. The van der Waals surface area contributed by atoms with Crippen molar-refractivity contribution in [1.29, 1.82) is 0 Å². The number of phenolic OH excluding ortho intramolecular Hbond substituents is 1. The number of benzene rings is 2. The molecule has 0 aromatic heterocycles. The summed E-state index contributed by atoms with van der Waals surface area (Å²) >= 11 is 0. The fraction of sp³-hybridized carbons (Fsp3) is 0.0588. The van der Waals surface area contributed by atoms with Gasteiger partial charge in [-0.3, -0.25) is 9.59 Å². The minimum atomic E-state index is -0.210. The monoisotopic (exact) mass is 294 g/mol. The topological polar surface area (TPSA) is 78.4 Å². The minimum Gasteiger partial charge on any atom is -0.508 e. The third-order valence-corrected chi connectivity index (χ3v) is 3.30. The molecule has 0 unspecified atom stereocenters. The summed E-state index contributed by atoms with van der Waals surface area (Å²) in [5.74, 6) is -0.242. The van der Waals surface area contributed by atoms with Crippen molar-refractivity contribution < 1.29 is 14.7 Å². The highest BCUT2D eigenvalue weighted by molar-refractivity contribution is 6.35. The molecule has 0 aliphatic carbocycles. The first-order valence-electron chi connectivity index (χ1n) is 6.77. The van der Waals surface area contributed by atoms with E-state index in [-0.39, 0.29) is 17.6 Å². The number of carbonyl (C=O) groups excluding carboxylic acids is 2. The van der Waals surface area contributed by atoms with E-state index in [2.05, 4.69) is 10.6 Å². The molecule has 5 heteroatoms. The van der Waals surface area contributed by atoms with Crippen LogP contribution in [-0.2, 0) is 9.59 Å². The lowest BCUT2D eigenvalue weighted by Gasteiger charge is -2.05. The normalized spacial score (nSPS) is 14.6. The van der Waals surface area contributed by atoms with E-state index >= 15 is 0 Å². The Morgan fingerprint density at radius 1 is 1.23 bits per heavy atom. The highest BCUT2D eigenvalue weighted by Crippen LogP contribution is 2.35. The summed E-state index contributed by atoms with van der Waals surface area (Å²) < 4.78 is 0. The number of amides is 2. The number of anilines is 2. The van der Waals surface area contributed by atoms with E-state index in [1.165, 1.54) is 6.92 Å². The quantitative estimate of drug-likeness (QED) is 0.745. The molecule has 2 amide bonds. The number of hydrogen-bond acceptors (Lipinski definition) is 3. The maximum Gasteiger partial charge on any atom is 0.256 e. The average Bonchev–Trinajstić information content (AvgIpc) is 2.75. The van der Waals surface area contributed by atoms with E-state index in [1.807, 2.05) is 0 Å². The Kier molecular flexibility index (Phi) is 3.39. The lowest BCUT2D eigenvalue weighted by Crippen LogP contribution is -2.05. The van der Waals surface area contributed by atoms with E-state index in [4.69, 9.17) is 0 Å². The van der Waals surface area contributed by atoms with Gasteiger partial charge in [0.2, 0.25) is 5.91 Å². The van der Waals surface area contributed by atoms with Crippen LogP contribution in [0.3, 0.4) is 0 Å². The molecule has 2 aromatic rings. The van der Waals surface area contributed by atoms with Crippen LogP contribution in [0.15, 0.2) is 42.5 Å². The summed E-state index contributed by atoms with van der Waals surface area (Å²) in [4.78, 5) is 23.3. The molecule has 3 rings (SSSR count). The number of aromatic hydroxyl groups is 1. The van der Waals surface area contributed by atoms with Crippen molar-refractivity contribution >= 4 is 34.8 Å². The summed E-state index contributed by atoms with van der Waals surface area (Å²) in [6, 6.07) is 11.9. The number of phenols is 1. The highest BCUT2D eigenvalue weighted by Gasteiger charge is 2.24. The first-order chi connectivity index (χ1) is 10.5. The van der Waals surface area contributed by atoms with Crippen molar-refractivity contribution in [3.63, 3.8) is 0 Å². The molecule has 1 heterocycles. The molecule has 0 saturated heterocycles. The van der Waals surface area contributed by atoms with Gasteiger partial charge in [0.05, 0.1) is 0 Å². The van der Waals surface area contributed by atoms with Crippen molar-refractivity contribution in [3.8, 4) is 5.75 Å². The molecule has 1 aliphatic heterocycles. The first kappa shape index (κ1) is 13.9. The Bertz CT molecular complexity index is 809. The Balaban J connectivity index is 2.04. The molecule has 0 spiro atoms. The Morgan fingerprint density at radius 2 is 2.05 bits per heavy atom. The lowest BCUT2D eigenvalue weighted by atomic mass is 10.0. The SMILES string of the molecule is CC(=O)Nc1ccc2c(c1)/C(=C/c1cccc(O)c1)C(=O)N2. The van der Waals surface area contributed by atoms with Gasteiger partial charge in [-0.2, -0.15) is 0 Å². The standard InChI is InChI=1S/C17H14N2O3/c1-10(20)18-12-5-6-16-14(9-12)15(17(22)19-16)8-11-3-2-4-13(21)7-11/h2-9,21H,1H3,(H,18,20)(H,19,22)/b15-8-. The second-order valence-electron chi connectivity index (χ2n) is 5.05. The largest absolute Gasteiger partial charge is 0.508 e. The van der Waals surface area contributed by atoms with E-state index in [0.717, 1.165) is 11.1 Å². The van der Waals surface area contributed by atoms with Gasteiger partial charge >= 0.3 is 0 Å². The number of fused-ring (bicyclic) bond motifs is 1. The third-order valence-electron chi connectivity index (χ3n) is 3.30. The van der Waals surface area contributed by atoms with Gasteiger partial charge in [-0.25, -0.2) is 0 Å². The summed E-state index contributed by atoms with van der Waals surface area (Å²) in [6.45, 7) is 1.43. The van der Waals surface area contributed by atoms with Gasteiger partial charge in [0.15, 0.2) is 0 Å². The van der Waals surface area contributed by atoms with Crippen molar-refractivity contribution in [2.45, 2.75) is 6.92 Å². The zero-order chi connectivity index (χ0) is 15.7. The Morgan fingerprint density at radius 3 is 2.77 bits per heavy atom. The second kappa shape index (κ2) is 5.37. The fourth-order valence-corrected chi connectivity index (χ4v) is 2.39. The average molecular weight is 294 g/mol. The Hall–Kier alpha value is -3.08. The van der Waals surface area contributed by atoms with Gasteiger partial charge in [0, 0.05) is 29.4 Å². The zero-order valence-electron chi connectivity index (χ0n) is 11.9. The number of carbonyl (C=O) groups is 2. The maximum atomic E-state index is 12.1. The van der Waals surface area contributed by atoms with Crippen LogP contribution in [0.2, 0.25) is 0 Å². The van der Waals surface area contributed by atoms with Crippen molar-refractivity contribution in [1.82, 2.24) is 0 Å². The van der Waals surface area contributed by atoms with E-state index < -0.39 is 0 Å². The van der Waals surface area contributed by atoms with Crippen molar-refractivity contribution in [3.05, 3.63) is 53.6 Å². The predicted molar refractivity (Wildman–Crippen MR) is 85.4 cm³/mol. The van der Waals surface area contributed by atoms with Gasteiger partial charge in [0.1, 0.15) is 5.75 Å². The molecule has 5 nitrogen and oxygen atoms in total. The van der Waals surface area contributed by atoms with E-state index in [9.17, 15) is 14.7 Å². The summed E-state index contributed by atoms with van der Waals surface area (Å²) in [5.41, 5.74) is 3.27. The van der Waals surface area contributed by atoms with Crippen molar-refractivity contribution in [2.75, 3.05) is 10.6 Å². The second-order valence-corrected chi connectivity index (χ2v) is 5.05. The van der Waals surface area contributed by atoms with Crippen LogP contribution >= 0.6 is 0 Å². The van der Waals surface area contributed by atoms with Crippen LogP contribution in [0.5, 0.6) is 5.75 Å². The molecule has 22 heavy (non-hydrogen) atoms. The molecule has 0 atom stereocenters. The van der Waals surface area contributed by atoms with Crippen LogP contribution < -0.4 is 10.6 Å². The molecular formula is C17H14N2O3. The number of rotatable bonds is 2. The van der Waals surface area contributed by atoms with Crippen LogP contribution in [0.25, 0.3) is 11.6 Å². The highest BCUT2D eigenvalue weighted by atomic mass is 16.3. The minimum absolute atomic E-state index is 0.139. The van der Waals surface area contributed by atoms with Crippen LogP contribution in [-0.4, -0.2) is 16.9 Å². The zero-order valence-corrected chi connectivity index (χ0v) is 11.9. The summed E-state index contributed by atoms with van der Waals surface area (Å²) in [6.07, 6.45) is 1.71. The number of hydrogen-bond donors (Lipinski definition) is 3. The first-order valence-corrected chi connectivity index (χ1v) is 6.77. The molecule has 0 fully saturated rings. The summed E-state index contributed by atoms with van der Waals surface area (Å²) in [7, 11) is 0. The predicted octanol–water partition coefficient (Wildman–Crippen LogP) is 2.84. The van der Waals surface area contributed by atoms with E-state index in [0.29, 0.717) is 16.9 Å². The molecule has 2 aromatic carbocycles. The fourth-order valence-electron chi connectivity index (χ4n) is 2.39. The Labute approximate surface area is 127 Å². The lowest BCUT2D eigenvalue weighted by molar-refractivity contribution is -0.114. The van der Waals surface area contributed by atoms with Gasteiger partial charge in [0.25, 0.3) is 5.91 Å². The molecular weight excluding hydrogens is 280 g/mol. The van der Waals surface area contributed by atoms with Gasteiger partial charge in [-0.05, 0) is 42.0 Å². The van der Waals surface area contributed by atoms with Crippen LogP contribution in [0.4, 0.5) is 11.4 Å². The van der Waals surface area contributed by atoms with Crippen LogP contribution in [0, 0.1) is 0 Å². The molecule has 0 saturated carbocycles. The van der Waals surface area contributed by atoms with Gasteiger partial charge in [-0.15, -0.1) is 0 Å². The molecule has 110 valence electrons. The van der Waals surface area contributed by atoms with Gasteiger partial charge < -0.3 is 15.7 Å². The summed E-state index contributed by atoms with van der Waals surface area (Å²) in [5, 5.41) is 15.0. The third kappa shape index (κ3) is 2.69. The number of nitrogens with one attached hydrogen (secondary N) is 2. The van der Waals surface area contributed by atoms with E-state index in [1.54, 1.807) is 48.5 Å². The van der Waals surface area contributed by atoms with Gasteiger partial charge in [-0.1, -0.05) is 12.1 Å². The van der Waals surface area contributed by atoms with Crippen molar-refractivity contribution in [2.24, 2.45) is 0 Å².